The van der Waals surface area contributed by atoms with Crippen LogP contribution in [0.2, 0.25) is 0 Å². The average molecular weight is 380 g/mol. The summed E-state index contributed by atoms with van der Waals surface area (Å²) in [4.78, 5) is 27.5. The smallest absolute Gasteiger partial charge is 0.229 e. The second kappa shape index (κ2) is 9.38. The van der Waals surface area contributed by atoms with Gasteiger partial charge < -0.3 is 16.0 Å². The van der Waals surface area contributed by atoms with Crippen LogP contribution in [0.4, 0.5) is 0 Å². The van der Waals surface area contributed by atoms with Gasteiger partial charge >= 0.3 is 0 Å². The van der Waals surface area contributed by atoms with Gasteiger partial charge in [-0.05, 0) is 37.7 Å². The molecular weight excluding hydrogens is 350 g/mol. The quantitative estimate of drug-likeness (QED) is 0.795. The van der Waals surface area contributed by atoms with Crippen LogP contribution in [-0.4, -0.2) is 42.9 Å². The first kappa shape index (κ1) is 20.7. The summed E-state index contributed by atoms with van der Waals surface area (Å²) >= 11 is 0. The number of likely N-dealkylation sites (tertiary alicyclic amines) is 1. The number of hydrogen-bond donors (Lipinski definition) is 2. The van der Waals surface area contributed by atoms with E-state index in [2.05, 4.69) is 17.4 Å². The van der Waals surface area contributed by atoms with E-state index in [0.29, 0.717) is 19.6 Å². The first-order valence-corrected chi connectivity index (χ1v) is 9.46. The van der Waals surface area contributed by atoms with Crippen molar-refractivity contribution in [3.63, 3.8) is 0 Å². The van der Waals surface area contributed by atoms with Crippen LogP contribution in [0.15, 0.2) is 30.3 Å². The van der Waals surface area contributed by atoms with Gasteiger partial charge in [0.1, 0.15) is 0 Å². The molecule has 0 bridgehead atoms. The largest absolute Gasteiger partial charge is 0.355 e. The molecule has 144 valence electrons. The summed E-state index contributed by atoms with van der Waals surface area (Å²) in [6.45, 7) is 2.27. The average Bonchev–Trinajstić information content (AvgIpc) is 2.63. The van der Waals surface area contributed by atoms with Crippen molar-refractivity contribution >= 4 is 24.2 Å². The Morgan fingerprint density at radius 2 is 1.92 bits per heavy atom. The molecular formula is C20H30ClN3O2. The summed E-state index contributed by atoms with van der Waals surface area (Å²) in [5.41, 5.74) is 6.43. The Balaban J connectivity index is 0.00000243. The normalized spacial score (nSPS) is 21.3. The van der Waals surface area contributed by atoms with Crippen LogP contribution in [0.1, 0.15) is 37.7 Å². The lowest BCUT2D eigenvalue weighted by molar-refractivity contribution is -0.150. The number of nitrogens with one attached hydrogen (secondary N) is 1. The third kappa shape index (κ3) is 4.57. The maximum absolute atomic E-state index is 13.3. The summed E-state index contributed by atoms with van der Waals surface area (Å²) in [7, 11) is 0. The lowest BCUT2D eigenvalue weighted by Gasteiger charge is -2.45. The molecule has 0 aromatic heterocycles. The highest BCUT2D eigenvalue weighted by molar-refractivity contribution is 5.86. The van der Waals surface area contributed by atoms with Gasteiger partial charge in [-0.25, -0.2) is 0 Å². The first-order valence-electron chi connectivity index (χ1n) is 9.46. The first-order chi connectivity index (χ1) is 12.1. The lowest BCUT2D eigenvalue weighted by atomic mass is 9.64. The zero-order valence-electron chi connectivity index (χ0n) is 15.3. The van der Waals surface area contributed by atoms with Crippen molar-refractivity contribution in [2.45, 2.75) is 38.5 Å². The molecule has 1 unspecified atom stereocenters. The second-order valence-electron chi connectivity index (χ2n) is 7.47. The van der Waals surface area contributed by atoms with Crippen molar-refractivity contribution in [2.24, 2.45) is 17.1 Å². The minimum Gasteiger partial charge on any atom is -0.355 e. The van der Waals surface area contributed by atoms with Crippen molar-refractivity contribution in [3.05, 3.63) is 35.9 Å². The van der Waals surface area contributed by atoms with Crippen LogP contribution in [0.5, 0.6) is 0 Å². The number of nitrogens with zero attached hydrogens (tertiary/aromatic N) is 1. The SMILES string of the molecule is Cl.NCCNC(=O)C1CCCN(C(=O)C2(Cc3ccccc3)CCC2)C1. The van der Waals surface area contributed by atoms with Crippen LogP contribution in [0.25, 0.3) is 0 Å². The number of hydrogen-bond acceptors (Lipinski definition) is 3. The summed E-state index contributed by atoms with van der Waals surface area (Å²) in [5.74, 6) is 0.186. The molecule has 0 spiro atoms. The van der Waals surface area contributed by atoms with Gasteiger partial charge in [-0.2, -0.15) is 0 Å². The molecule has 3 N–H and O–H groups in total. The number of amides is 2. The number of halogens is 1. The molecule has 1 heterocycles. The molecule has 1 aromatic carbocycles. The van der Waals surface area contributed by atoms with E-state index in [1.165, 1.54) is 5.56 Å². The van der Waals surface area contributed by atoms with Crippen molar-refractivity contribution < 1.29 is 9.59 Å². The van der Waals surface area contributed by atoms with Crippen molar-refractivity contribution in [1.29, 1.82) is 0 Å². The van der Waals surface area contributed by atoms with Crippen LogP contribution in [0, 0.1) is 11.3 Å². The van der Waals surface area contributed by atoms with E-state index in [1.807, 2.05) is 23.1 Å². The monoisotopic (exact) mass is 379 g/mol. The molecule has 6 heteroatoms. The third-order valence-electron chi connectivity index (χ3n) is 5.67. The molecule has 1 atom stereocenters. The highest BCUT2D eigenvalue weighted by atomic mass is 35.5. The van der Waals surface area contributed by atoms with E-state index in [-0.39, 0.29) is 35.6 Å². The summed E-state index contributed by atoms with van der Waals surface area (Å²) in [6.07, 6.45) is 5.60. The third-order valence-corrected chi connectivity index (χ3v) is 5.67. The predicted molar refractivity (Wildman–Crippen MR) is 105 cm³/mol. The molecule has 2 fully saturated rings. The van der Waals surface area contributed by atoms with Gasteiger partial charge in [0.2, 0.25) is 11.8 Å². The van der Waals surface area contributed by atoms with Crippen LogP contribution in [0.3, 0.4) is 0 Å². The van der Waals surface area contributed by atoms with E-state index >= 15 is 0 Å². The Morgan fingerprint density at radius 3 is 2.54 bits per heavy atom. The molecule has 1 aliphatic heterocycles. The fraction of sp³-hybridized carbons (Fsp3) is 0.600. The fourth-order valence-electron chi connectivity index (χ4n) is 4.11. The van der Waals surface area contributed by atoms with Gasteiger partial charge in [0, 0.05) is 26.2 Å². The Hall–Kier alpha value is -1.59. The van der Waals surface area contributed by atoms with Gasteiger partial charge in [-0.1, -0.05) is 36.8 Å². The van der Waals surface area contributed by atoms with Crippen LogP contribution in [-0.2, 0) is 16.0 Å². The maximum Gasteiger partial charge on any atom is 0.229 e. The fourth-order valence-corrected chi connectivity index (χ4v) is 4.11. The minimum atomic E-state index is -0.253. The lowest BCUT2D eigenvalue weighted by Crippen LogP contribution is -2.53. The molecule has 0 radical (unpaired) electrons. The molecule has 5 nitrogen and oxygen atoms in total. The van der Waals surface area contributed by atoms with Gasteiger partial charge in [0.15, 0.2) is 0 Å². The standard InChI is InChI=1S/C20H29N3O2.ClH/c21-11-12-22-18(24)17-8-4-13-23(15-17)19(25)20(9-5-10-20)14-16-6-2-1-3-7-16;/h1-3,6-7,17H,4-5,8-15,21H2,(H,22,24);1H. The molecule has 2 amide bonds. The number of piperidine rings is 1. The van der Waals surface area contributed by atoms with Gasteiger partial charge in [0.05, 0.1) is 11.3 Å². The summed E-state index contributed by atoms with van der Waals surface area (Å²) in [6, 6.07) is 10.3. The van der Waals surface area contributed by atoms with Crippen molar-refractivity contribution in [2.75, 3.05) is 26.2 Å². The molecule has 3 rings (SSSR count). The zero-order valence-corrected chi connectivity index (χ0v) is 16.1. The number of rotatable bonds is 6. The van der Waals surface area contributed by atoms with Gasteiger partial charge in [-0.3, -0.25) is 9.59 Å². The Labute approximate surface area is 162 Å². The summed E-state index contributed by atoms with van der Waals surface area (Å²) in [5, 5.41) is 2.87. The highest BCUT2D eigenvalue weighted by Crippen LogP contribution is 2.45. The number of benzene rings is 1. The number of nitrogens with two attached hydrogens (primary N) is 1. The van der Waals surface area contributed by atoms with Crippen molar-refractivity contribution in [3.8, 4) is 0 Å². The van der Waals surface area contributed by atoms with E-state index in [0.717, 1.165) is 45.1 Å². The number of carbonyl (C=O) groups excluding carboxylic acids is 2. The second-order valence-corrected chi connectivity index (χ2v) is 7.47. The Kier molecular flexibility index (Phi) is 7.47. The molecule has 1 saturated heterocycles. The van der Waals surface area contributed by atoms with E-state index < -0.39 is 0 Å². The topological polar surface area (TPSA) is 75.4 Å². The predicted octanol–water partition coefficient (Wildman–Crippen LogP) is 2.13. The van der Waals surface area contributed by atoms with Gasteiger partial charge in [-0.15, -0.1) is 12.4 Å². The summed E-state index contributed by atoms with van der Waals surface area (Å²) < 4.78 is 0. The molecule has 1 saturated carbocycles. The van der Waals surface area contributed by atoms with Crippen molar-refractivity contribution in [1.82, 2.24) is 10.2 Å². The molecule has 1 aromatic rings. The van der Waals surface area contributed by atoms with E-state index in [1.54, 1.807) is 0 Å². The molecule has 1 aliphatic carbocycles. The van der Waals surface area contributed by atoms with Crippen LogP contribution >= 0.6 is 12.4 Å². The Morgan fingerprint density at radius 1 is 1.19 bits per heavy atom. The van der Waals surface area contributed by atoms with Gasteiger partial charge in [0.25, 0.3) is 0 Å². The molecule has 26 heavy (non-hydrogen) atoms. The highest BCUT2D eigenvalue weighted by Gasteiger charge is 2.47. The maximum atomic E-state index is 13.3. The van der Waals surface area contributed by atoms with E-state index in [9.17, 15) is 9.59 Å². The zero-order chi connectivity index (χ0) is 17.7. The Bertz CT molecular complexity index is 604. The minimum absolute atomic E-state index is 0. The van der Waals surface area contributed by atoms with E-state index in [4.69, 9.17) is 5.73 Å². The van der Waals surface area contributed by atoms with Crippen LogP contribution < -0.4 is 11.1 Å². The molecule has 2 aliphatic rings. The number of carbonyl (C=O) groups is 2.